The number of amides is 2. The van der Waals surface area contributed by atoms with Crippen molar-refractivity contribution in [3.05, 3.63) is 29.8 Å². The number of benzene rings is 1. The van der Waals surface area contributed by atoms with Gasteiger partial charge in [0.25, 0.3) is 0 Å². The van der Waals surface area contributed by atoms with E-state index in [1.165, 1.54) is 13.0 Å². The van der Waals surface area contributed by atoms with Gasteiger partial charge in [0, 0.05) is 45.0 Å². The molecule has 1 aromatic rings. The second-order valence-corrected chi connectivity index (χ2v) is 5.88. The minimum Gasteiger partial charge on any atom is -0.337 e. The van der Waals surface area contributed by atoms with Crippen LogP contribution in [0.3, 0.4) is 0 Å². The lowest BCUT2D eigenvalue weighted by molar-refractivity contribution is 0.133. The molecule has 2 N–H and O–H groups in total. The predicted molar refractivity (Wildman–Crippen MR) is 91.4 cm³/mol. The van der Waals surface area contributed by atoms with Crippen molar-refractivity contribution in [1.82, 2.24) is 15.1 Å². The lowest BCUT2D eigenvalue weighted by atomic mass is 10.2. The van der Waals surface area contributed by atoms with E-state index in [4.69, 9.17) is 0 Å². The molecule has 1 aliphatic rings. The van der Waals surface area contributed by atoms with Crippen molar-refractivity contribution in [2.45, 2.75) is 20.3 Å². The summed E-state index contributed by atoms with van der Waals surface area (Å²) < 4.78 is 0. The molecule has 5 nitrogen and oxygen atoms in total. The van der Waals surface area contributed by atoms with Gasteiger partial charge in [-0.1, -0.05) is 25.1 Å². The number of carbonyl (C=O) groups is 1. The number of hydrogen-bond donors (Lipinski definition) is 2. The summed E-state index contributed by atoms with van der Waals surface area (Å²) >= 11 is 0. The molecule has 0 aromatic heterocycles. The van der Waals surface area contributed by atoms with Gasteiger partial charge in [-0.2, -0.15) is 0 Å². The third-order valence-electron chi connectivity index (χ3n) is 4.11. The molecule has 22 heavy (non-hydrogen) atoms. The number of anilines is 1. The summed E-state index contributed by atoms with van der Waals surface area (Å²) in [6.07, 6.45) is 1.22. The Labute approximate surface area is 133 Å². The number of urea groups is 1. The third kappa shape index (κ3) is 5.31. The first-order chi connectivity index (χ1) is 10.7. The quantitative estimate of drug-likeness (QED) is 0.846. The van der Waals surface area contributed by atoms with Crippen molar-refractivity contribution in [3.63, 3.8) is 0 Å². The number of piperazine rings is 1. The van der Waals surface area contributed by atoms with Gasteiger partial charge >= 0.3 is 6.03 Å². The molecular weight excluding hydrogens is 276 g/mol. The zero-order chi connectivity index (χ0) is 15.8. The van der Waals surface area contributed by atoms with Crippen molar-refractivity contribution >= 4 is 11.7 Å². The molecule has 2 amide bonds. The normalized spacial score (nSPS) is 16.5. The van der Waals surface area contributed by atoms with Gasteiger partial charge in [0.1, 0.15) is 0 Å². The molecule has 0 spiro atoms. The largest absolute Gasteiger partial charge is 0.337 e. The third-order valence-corrected chi connectivity index (χ3v) is 4.11. The first kappa shape index (κ1) is 16.8. The molecule has 0 bridgehead atoms. The zero-order valence-corrected chi connectivity index (χ0v) is 13.8. The fourth-order valence-electron chi connectivity index (χ4n) is 2.76. The molecule has 0 saturated carbocycles. The minimum atomic E-state index is -0.126. The summed E-state index contributed by atoms with van der Waals surface area (Å²) in [5, 5.41) is 5.83. The molecule has 1 saturated heterocycles. The fraction of sp³-hybridized carbons (Fsp3) is 0.588. The maximum Gasteiger partial charge on any atom is 0.319 e. The zero-order valence-electron chi connectivity index (χ0n) is 13.8. The second kappa shape index (κ2) is 8.76. The molecule has 5 heteroatoms. The summed E-state index contributed by atoms with van der Waals surface area (Å²) in [7, 11) is 0. The predicted octanol–water partition coefficient (Wildman–Crippen LogP) is 2.14. The van der Waals surface area contributed by atoms with Gasteiger partial charge in [0.05, 0.1) is 0 Å². The standard InChI is InChI=1S/C17H28N4O/c1-3-9-20-11-13-21(14-12-20)10-8-18-17(22)19-16-7-5-4-6-15(16)2/h4-7H,3,8-14H2,1-2H3,(H2,18,19,22). The summed E-state index contributed by atoms with van der Waals surface area (Å²) in [6.45, 7) is 11.5. The Morgan fingerprint density at radius 3 is 2.36 bits per heavy atom. The summed E-state index contributed by atoms with van der Waals surface area (Å²) in [6, 6.07) is 7.68. The molecule has 0 radical (unpaired) electrons. The van der Waals surface area contributed by atoms with E-state index in [0.717, 1.165) is 44.0 Å². The van der Waals surface area contributed by atoms with Crippen LogP contribution in [-0.2, 0) is 0 Å². The van der Waals surface area contributed by atoms with E-state index in [-0.39, 0.29) is 6.03 Å². The molecule has 1 fully saturated rings. The lowest BCUT2D eigenvalue weighted by Crippen LogP contribution is -2.48. The van der Waals surface area contributed by atoms with Gasteiger partial charge in [0.2, 0.25) is 0 Å². The van der Waals surface area contributed by atoms with Crippen LogP contribution in [0, 0.1) is 6.92 Å². The first-order valence-corrected chi connectivity index (χ1v) is 8.24. The summed E-state index contributed by atoms with van der Waals surface area (Å²) in [4.78, 5) is 16.8. The van der Waals surface area contributed by atoms with Crippen LogP contribution in [0.5, 0.6) is 0 Å². The SMILES string of the molecule is CCCN1CCN(CCNC(=O)Nc2ccccc2C)CC1. The molecule has 1 heterocycles. The second-order valence-electron chi connectivity index (χ2n) is 5.88. The van der Waals surface area contributed by atoms with Crippen LogP contribution in [-0.4, -0.2) is 61.6 Å². The highest BCUT2D eigenvalue weighted by Gasteiger charge is 2.15. The average molecular weight is 304 g/mol. The molecule has 2 rings (SSSR count). The average Bonchev–Trinajstić information content (AvgIpc) is 2.52. The van der Waals surface area contributed by atoms with Crippen molar-refractivity contribution in [2.75, 3.05) is 51.1 Å². The van der Waals surface area contributed by atoms with E-state index < -0.39 is 0 Å². The van der Waals surface area contributed by atoms with E-state index in [0.29, 0.717) is 6.54 Å². The van der Waals surface area contributed by atoms with E-state index in [9.17, 15) is 4.79 Å². The maximum absolute atomic E-state index is 11.9. The molecular formula is C17H28N4O. The molecule has 0 unspecified atom stereocenters. The number of carbonyl (C=O) groups excluding carboxylic acids is 1. The number of aryl methyl sites for hydroxylation is 1. The van der Waals surface area contributed by atoms with Crippen LogP contribution in [0.1, 0.15) is 18.9 Å². The van der Waals surface area contributed by atoms with Gasteiger partial charge in [-0.15, -0.1) is 0 Å². The van der Waals surface area contributed by atoms with Gasteiger partial charge in [-0.25, -0.2) is 4.79 Å². The maximum atomic E-state index is 11.9. The molecule has 0 atom stereocenters. The Morgan fingerprint density at radius 1 is 1.09 bits per heavy atom. The van der Waals surface area contributed by atoms with Crippen LogP contribution in [0.4, 0.5) is 10.5 Å². The highest BCUT2D eigenvalue weighted by molar-refractivity contribution is 5.89. The van der Waals surface area contributed by atoms with E-state index >= 15 is 0 Å². The Balaban J connectivity index is 1.63. The molecule has 122 valence electrons. The van der Waals surface area contributed by atoms with Crippen LogP contribution >= 0.6 is 0 Å². The van der Waals surface area contributed by atoms with Gasteiger partial charge in [-0.05, 0) is 31.5 Å². The van der Waals surface area contributed by atoms with E-state index in [2.05, 4.69) is 27.4 Å². The van der Waals surface area contributed by atoms with Crippen LogP contribution < -0.4 is 10.6 Å². The number of rotatable bonds is 6. The topological polar surface area (TPSA) is 47.6 Å². The van der Waals surface area contributed by atoms with E-state index in [1.807, 2.05) is 31.2 Å². The molecule has 0 aliphatic carbocycles. The minimum absolute atomic E-state index is 0.126. The number of hydrogen-bond acceptors (Lipinski definition) is 3. The number of nitrogens with zero attached hydrogens (tertiary/aromatic N) is 2. The lowest BCUT2D eigenvalue weighted by Gasteiger charge is -2.34. The summed E-state index contributed by atoms with van der Waals surface area (Å²) in [5.74, 6) is 0. The van der Waals surface area contributed by atoms with Crippen molar-refractivity contribution in [2.24, 2.45) is 0 Å². The monoisotopic (exact) mass is 304 g/mol. The van der Waals surface area contributed by atoms with Crippen molar-refractivity contribution in [1.29, 1.82) is 0 Å². The highest BCUT2D eigenvalue weighted by Crippen LogP contribution is 2.12. The number of nitrogens with one attached hydrogen (secondary N) is 2. The smallest absolute Gasteiger partial charge is 0.319 e. The van der Waals surface area contributed by atoms with Gasteiger partial charge < -0.3 is 15.5 Å². The van der Waals surface area contributed by atoms with Gasteiger partial charge in [0.15, 0.2) is 0 Å². The Hall–Kier alpha value is -1.59. The Bertz CT molecular complexity index is 469. The molecule has 1 aliphatic heterocycles. The fourth-order valence-corrected chi connectivity index (χ4v) is 2.76. The van der Waals surface area contributed by atoms with Crippen LogP contribution in [0.15, 0.2) is 24.3 Å². The Morgan fingerprint density at radius 2 is 1.73 bits per heavy atom. The van der Waals surface area contributed by atoms with Crippen LogP contribution in [0.25, 0.3) is 0 Å². The highest BCUT2D eigenvalue weighted by atomic mass is 16.2. The molecule has 1 aromatic carbocycles. The Kier molecular flexibility index (Phi) is 6.68. The van der Waals surface area contributed by atoms with Crippen molar-refractivity contribution < 1.29 is 4.79 Å². The first-order valence-electron chi connectivity index (χ1n) is 8.24. The summed E-state index contributed by atoms with van der Waals surface area (Å²) in [5.41, 5.74) is 1.94. The van der Waals surface area contributed by atoms with E-state index in [1.54, 1.807) is 0 Å². The number of para-hydroxylation sites is 1. The van der Waals surface area contributed by atoms with Crippen molar-refractivity contribution in [3.8, 4) is 0 Å². The van der Waals surface area contributed by atoms with Gasteiger partial charge in [-0.3, -0.25) is 4.90 Å². The van der Waals surface area contributed by atoms with Crippen LogP contribution in [0.2, 0.25) is 0 Å².